The van der Waals surface area contributed by atoms with Crippen molar-refractivity contribution < 1.29 is 9.59 Å². The molecule has 98 valence electrons. The molecule has 1 unspecified atom stereocenters. The molecule has 0 aromatic heterocycles. The van der Waals surface area contributed by atoms with Crippen molar-refractivity contribution in [2.24, 2.45) is 5.92 Å². The van der Waals surface area contributed by atoms with Crippen molar-refractivity contribution in [2.75, 3.05) is 0 Å². The van der Waals surface area contributed by atoms with Crippen LogP contribution in [-0.4, -0.2) is 11.8 Å². The van der Waals surface area contributed by atoms with Crippen LogP contribution in [-0.2, 0) is 4.79 Å². The van der Waals surface area contributed by atoms with E-state index in [9.17, 15) is 9.59 Å². The summed E-state index contributed by atoms with van der Waals surface area (Å²) in [6.45, 7) is 3.85. The Hall–Kier alpha value is -1.36. The Balaban J connectivity index is 2.52. The summed E-state index contributed by atoms with van der Waals surface area (Å²) in [5.74, 6) is -0.605. The SMILES string of the molecule is CCCC(C)C(=O)NNC(=O)c1ccccc1Br. The first-order chi connectivity index (χ1) is 8.56. The summed E-state index contributed by atoms with van der Waals surface area (Å²) in [7, 11) is 0. The molecule has 0 saturated carbocycles. The standard InChI is InChI=1S/C13H17BrN2O2/c1-3-6-9(2)12(17)15-16-13(18)10-7-4-5-8-11(10)14/h4-5,7-9H,3,6H2,1-2H3,(H,15,17)(H,16,18). The zero-order valence-corrected chi connectivity index (χ0v) is 12.1. The average molecular weight is 313 g/mol. The van der Waals surface area contributed by atoms with E-state index >= 15 is 0 Å². The maximum absolute atomic E-state index is 11.8. The van der Waals surface area contributed by atoms with E-state index < -0.39 is 0 Å². The predicted octanol–water partition coefficient (Wildman–Crippen LogP) is 2.65. The Bertz CT molecular complexity index is 435. The molecule has 0 heterocycles. The lowest BCUT2D eigenvalue weighted by Crippen LogP contribution is -2.44. The summed E-state index contributed by atoms with van der Waals surface area (Å²) in [4.78, 5) is 23.4. The summed E-state index contributed by atoms with van der Waals surface area (Å²) < 4.78 is 0.693. The van der Waals surface area contributed by atoms with E-state index in [1.54, 1.807) is 18.2 Å². The number of amides is 2. The Morgan fingerprint density at radius 2 is 1.94 bits per heavy atom. The summed E-state index contributed by atoms with van der Waals surface area (Å²) in [6.07, 6.45) is 1.74. The van der Waals surface area contributed by atoms with Crippen LogP contribution in [0, 0.1) is 5.92 Å². The van der Waals surface area contributed by atoms with Gasteiger partial charge in [-0.05, 0) is 34.5 Å². The number of nitrogens with one attached hydrogen (secondary N) is 2. The second kappa shape index (κ2) is 7.16. The van der Waals surface area contributed by atoms with Crippen molar-refractivity contribution in [2.45, 2.75) is 26.7 Å². The van der Waals surface area contributed by atoms with E-state index in [1.807, 2.05) is 19.9 Å². The van der Waals surface area contributed by atoms with Crippen LogP contribution in [0.1, 0.15) is 37.0 Å². The molecule has 5 heteroatoms. The molecule has 0 radical (unpaired) electrons. The quantitative estimate of drug-likeness (QED) is 0.840. The smallest absolute Gasteiger partial charge is 0.270 e. The molecule has 1 rings (SSSR count). The average Bonchev–Trinajstić information content (AvgIpc) is 2.36. The molecule has 18 heavy (non-hydrogen) atoms. The minimum Gasteiger partial charge on any atom is -0.273 e. The van der Waals surface area contributed by atoms with Crippen LogP contribution in [0.2, 0.25) is 0 Å². The number of hydrazine groups is 1. The van der Waals surface area contributed by atoms with Crippen molar-refractivity contribution in [3.63, 3.8) is 0 Å². The van der Waals surface area contributed by atoms with E-state index in [4.69, 9.17) is 0 Å². The summed E-state index contributed by atoms with van der Waals surface area (Å²) in [6, 6.07) is 7.04. The fourth-order valence-corrected chi connectivity index (χ4v) is 1.98. The van der Waals surface area contributed by atoms with Gasteiger partial charge in [-0.25, -0.2) is 0 Å². The third-order valence-electron chi connectivity index (χ3n) is 2.59. The van der Waals surface area contributed by atoms with Crippen molar-refractivity contribution in [3.8, 4) is 0 Å². The minimum absolute atomic E-state index is 0.102. The number of hydrogen-bond donors (Lipinski definition) is 2. The van der Waals surface area contributed by atoms with Crippen LogP contribution in [0.5, 0.6) is 0 Å². The van der Waals surface area contributed by atoms with Crippen LogP contribution in [0.25, 0.3) is 0 Å². The fraction of sp³-hybridized carbons (Fsp3) is 0.385. The molecular weight excluding hydrogens is 296 g/mol. The number of rotatable bonds is 4. The monoisotopic (exact) mass is 312 g/mol. The number of carbonyl (C=O) groups is 2. The van der Waals surface area contributed by atoms with Crippen LogP contribution in [0.3, 0.4) is 0 Å². The second-order valence-corrected chi connectivity index (χ2v) is 4.97. The van der Waals surface area contributed by atoms with E-state index in [2.05, 4.69) is 26.8 Å². The van der Waals surface area contributed by atoms with Gasteiger partial charge in [0.25, 0.3) is 5.91 Å². The maximum atomic E-state index is 11.8. The summed E-state index contributed by atoms with van der Waals surface area (Å²) in [5.41, 5.74) is 5.33. The van der Waals surface area contributed by atoms with Crippen molar-refractivity contribution in [3.05, 3.63) is 34.3 Å². The van der Waals surface area contributed by atoms with Gasteiger partial charge >= 0.3 is 0 Å². The molecule has 0 aliphatic heterocycles. The largest absolute Gasteiger partial charge is 0.273 e. The third kappa shape index (κ3) is 4.14. The topological polar surface area (TPSA) is 58.2 Å². The number of halogens is 1. The predicted molar refractivity (Wildman–Crippen MR) is 73.8 cm³/mol. The maximum Gasteiger partial charge on any atom is 0.270 e. The Morgan fingerprint density at radius 3 is 2.56 bits per heavy atom. The number of hydrogen-bond acceptors (Lipinski definition) is 2. The highest BCUT2D eigenvalue weighted by Crippen LogP contribution is 2.15. The van der Waals surface area contributed by atoms with Crippen molar-refractivity contribution >= 4 is 27.7 Å². The Kier molecular flexibility index (Phi) is 5.85. The van der Waals surface area contributed by atoms with Gasteiger partial charge < -0.3 is 0 Å². The minimum atomic E-state index is -0.334. The molecule has 2 amide bonds. The van der Waals surface area contributed by atoms with Gasteiger partial charge in [0.2, 0.25) is 5.91 Å². The van der Waals surface area contributed by atoms with Crippen LogP contribution < -0.4 is 10.9 Å². The molecule has 4 nitrogen and oxygen atoms in total. The van der Waals surface area contributed by atoms with Gasteiger partial charge in [0.05, 0.1) is 5.56 Å². The van der Waals surface area contributed by atoms with Crippen molar-refractivity contribution in [1.82, 2.24) is 10.9 Å². The lowest BCUT2D eigenvalue weighted by Gasteiger charge is -2.12. The molecule has 0 aliphatic rings. The Morgan fingerprint density at radius 1 is 1.28 bits per heavy atom. The van der Waals surface area contributed by atoms with Gasteiger partial charge in [0.1, 0.15) is 0 Å². The Labute approximate surface area is 115 Å². The molecule has 0 fully saturated rings. The highest BCUT2D eigenvalue weighted by molar-refractivity contribution is 9.10. The molecule has 2 N–H and O–H groups in total. The molecule has 0 saturated heterocycles. The summed E-state index contributed by atoms with van der Waals surface area (Å²) in [5, 5.41) is 0. The second-order valence-electron chi connectivity index (χ2n) is 4.11. The van der Waals surface area contributed by atoms with E-state index in [-0.39, 0.29) is 17.7 Å². The fourth-order valence-electron chi connectivity index (χ4n) is 1.52. The van der Waals surface area contributed by atoms with Crippen LogP contribution in [0.15, 0.2) is 28.7 Å². The first kappa shape index (κ1) is 14.7. The van der Waals surface area contributed by atoms with Crippen LogP contribution in [0.4, 0.5) is 0 Å². The van der Waals surface area contributed by atoms with E-state index in [1.165, 1.54) is 0 Å². The molecule has 1 aromatic rings. The number of benzene rings is 1. The normalized spacial score (nSPS) is 11.7. The highest BCUT2D eigenvalue weighted by atomic mass is 79.9. The molecule has 0 spiro atoms. The van der Waals surface area contributed by atoms with Gasteiger partial charge in [-0.1, -0.05) is 32.4 Å². The van der Waals surface area contributed by atoms with Crippen molar-refractivity contribution in [1.29, 1.82) is 0 Å². The number of carbonyl (C=O) groups excluding carboxylic acids is 2. The van der Waals surface area contributed by atoms with Gasteiger partial charge in [-0.3, -0.25) is 20.4 Å². The lowest BCUT2D eigenvalue weighted by atomic mass is 10.1. The van der Waals surface area contributed by atoms with Gasteiger partial charge in [0.15, 0.2) is 0 Å². The molecule has 1 atom stereocenters. The first-order valence-corrected chi connectivity index (χ1v) is 6.70. The van der Waals surface area contributed by atoms with Gasteiger partial charge in [-0.15, -0.1) is 0 Å². The first-order valence-electron chi connectivity index (χ1n) is 5.91. The van der Waals surface area contributed by atoms with E-state index in [0.29, 0.717) is 10.0 Å². The zero-order valence-electron chi connectivity index (χ0n) is 10.5. The third-order valence-corrected chi connectivity index (χ3v) is 3.28. The molecule has 0 aliphatic carbocycles. The van der Waals surface area contributed by atoms with E-state index in [0.717, 1.165) is 12.8 Å². The molecular formula is C13H17BrN2O2. The van der Waals surface area contributed by atoms with Gasteiger partial charge in [-0.2, -0.15) is 0 Å². The highest BCUT2D eigenvalue weighted by Gasteiger charge is 2.14. The molecule has 1 aromatic carbocycles. The van der Waals surface area contributed by atoms with Gasteiger partial charge in [0, 0.05) is 10.4 Å². The lowest BCUT2D eigenvalue weighted by molar-refractivity contribution is -0.125. The zero-order chi connectivity index (χ0) is 13.5. The summed E-state index contributed by atoms with van der Waals surface area (Å²) >= 11 is 3.28. The van der Waals surface area contributed by atoms with Crippen LogP contribution >= 0.6 is 15.9 Å². The molecule has 0 bridgehead atoms.